The largest absolute Gasteiger partial charge is 0.348 e. The number of aryl methyl sites for hydroxylation is 4. The summed E-state index contributed by atoms with van der Waals surface area (Å²) in [6.07, 6.45) is 0. The number of carbonyl (C=O) groups is 1. The second-order valence-corrected chi connectivity index (χ2v) is 9.79. The Labute approximate surface area is 174 Å². The number of hydrogen-bond donors (Lipinski definition) is 1. The molecule has 1 amide bonds. The van der Waals surface area contributed by atoms with Crippen LogP contribution in [0.3, 0.4) is 0 Å². The van der Waals surface area contributed by atoms with Gasteiger partial charge < -0.3 is 5.32 Å². The molecule has 29 heavy (non-hydrogen) atoms. The summed E-state index contributed by atoms with van der Waals surface area (Å²) in [6, 6.07) is 11.4. The third-order valence-corrected chi connectivity index (χ3v) is 6.87. The highest BCUT2D eigenvalue weighted by Crippen LogP contribution is 2.25. The number of nitrogens with one attached hydrogen (secondary N) is 1. The second-order valence-electron chi connectivity index (χ2n) is 7.72. The summed E-state index contributed by atoms with van der Waals surface area (Å²) >= 11 is 0. The maximum Gasteiger partial charge on any atom is 0.304 e. The number of anilines is 1. The molecule has 2 rings (SSSR count). The number of amides is 1. The van der Waals surface area contributed by atoms with Crippen LogP contribution in [0, 0.1) is 27.7 Å². The summed E-state index contributed by atoms with van der Waals surface area (Å²) in [7, 11) is -0.911. The molecule has 0 fully saturated rings. The molecule has 1 N–H and O–H groups in total. The first-order valence-corrected chi connectivity index (χ1v) is 11.0. The van der Waals surface area contributed by atoms with Crippen LogP contribution >= 0.6 is 0 Å². The van der Waals surface area contributed by atoms with E-state index < -0.39 is 10.2 Å². The molecule has 0 aliphatic carbocycles. The molecule has 0 aliphatic rings. The minimum absolute atomic E-state index is 0.232. The molecule has 0 saturated heterocycles. The van der Waals surface area contributed by atoms with Gasteiger partial charge in [0.15, 0.2) is 0 Å². The molecule has 1 atom stereocenters. The molecule has 0 aromatic heterocycles. The summed E-state index contributed by atoms with van der Waals surface area (Å²) in [5.74, 6) is -0.359. The Kier molecular flexibility index (Phi) is 7.08. The Morgan fingerprint density at radius 1 is 0.966 bits per heavy atom. The fourth-order valence-corrected chi connectivity index (χ4v) is 4.13. The summed E-state index contributed by atoms with van der Waals surface area (Å²) in [5.41, 5.74) is 5.54. The van der Waals surface area contributed by atoms with Gasteiger partial charge in [-0.25, -0.2) is 4.31 Å². The first kappa shape index (κ1) is 22.9. The van der Waals surface area contributed by atoms with E-state index in [2.05, 4.69) is 5.32 Å². The van der Waals surface area contributed by atoms with Crippen LogP contribution in [-0.4, -0.2) is 39.3 Å². The van der Waals surface area contributed by atoms with Gasteiger partial charge in [0, 0.05) is 14.1 Å². The van der Waals surface area contributed by atoms with Gasteiger partial charge in [0.25, 0.3) is 0 Å². The van der Waals surface area contributed by atoms with E-state index in [9.17, 15) is 13.2 Å². The van der Waals surface area contributed by atoms with Gasteiger partial charge >= 0.3 is 10.2 Å². The number of carbonyl (C=O) groups excluding carboxylic acids is 1. The van der Waals surface area contributed by atoms with E-state index in [1.807, 2.05) is 65.0 Å². The zero-order chi connectivity index (χ0) is 21.9. The van der Waals surface area contributed by atoms with Crippen LogP contribution in [0.5, 0.6) is 0 Å². The molecule has 6 nitrogen and oxygen atoms in total. The van der Waals surface area contributed by atoms with Gasteiger partial charge in [-0.05, 0) is 68.5 Å². The SMILES string of the molecule is Cc1ccc(C)c(N(CC(=O)NC(C)c2ccc(C)c(C)c2)S(=O)(=O)N(C)C)c1. The highest BCUT2D eigenvalue weighted by atomic mass is 32.2. The number of nitrogens with zero attached hydrogens (tertiary/aromatic N) is 2. The number of rotatable bonds is 7. The van der Waals surface area contributed by atoms with E-state index in [0.717, 1.165) is 30.9 Å². The van der Waals surface area contributed by atoms with Crippen molar-refractivity contribution in [1.29, 1.82) is 0 Å². The molecule has 0 radical (unpaired) electrons. The van der Waals surface area contributed by atoms with E-state index in [1.54, 1.807) is 6.07 Å². The van der Waals surface area contributed by atoms with Crippen molar-refractivity contribution in [3.63, 3.8) is 0 Å². The Hall–Kier alpha value is -2.38. The summed E-state index contributed by atoms with van der Waals surface area (Å²) in [6.45, 7) is 9.40. The van der Waals surface area contributed by atoms with E-state index in [0.29, 0.717) is 5.69 Å². The lowest BCUT2D eigenvalue weighted by molar-refractivity contribution is -0.120. The highest BCUT2D eigenvalue weighted by molar-refractivity contribution is 7.90. The predicted molar refractivity (Wildman–Crippen MR) is 118 cm³/mol. The van der Waals surface area contributed by atoms with E-state index >= 15 is 0 Å². The molecule has 0 bridgehead atoms. The van der Waals surface area contributed by atoms with Crippen molar-refractivity contribution >= 4 is 21.8 Å². The van der Waals surface area contributed by atoms with Gasteiger partial charge in [-0.2, -0.15) is 12.7 Å². The molecule has 158 valence electrons. The van der Waals surface area contributed by atoms with Gasteiger partial charge in [0.05, 0.1) is 11.7 Å². The summed E-state index contributed by atoms with van der Waals surface area (Å²) in [5, 5.41) is 2.92. The standard InChI is InChI=1S/C22H31N3O3S/c1-15-8-9-17(3)21(12-15)25(29(27,28)24(6)7)14-22(26)23-19(5)20-11-10-16(2)18(4)13-20/h8-13,19H,14H2,1-7H3,(H,23,26). The monoisotopic (exact) mass is 417 g/mol. The second kappa shape index (κ2) is 8.97. The molecule has 1 unspecified atom stereocenters. The van der Waals surface area contributed by atoms with E-state index in [1.165, 1.54) is 19.7 Å². The molecule has 0 aliphatic heterocycles. The van der Waals surface area contributed by atoms with Crippen LogP contribution in [0.25, 0.3) is 0 Å². The molecule has 0 heterocycles. The Morgan fingerprint density at radius 3 is 2.17 bits per heavy atom. The lowest BCUT2D eigenvalue weighted by Crippen LogP contribution is -2.46. The Bertz CT molecular complexity index is 1000. The number of hydrogen-bond acceptors (Lipinski definition) is 3. The quantitative estimate of drug-likeness (QED) is 0.751. The molecule has 0 spiro atoms. The van der Waals surface area contributed by atoms with E-state index in [-0.39, 0.29) is 18.5 Å². The van der Waals surface area contributed by atoms with Crippen LogP contribution in [0.2, 0.25) is 0 Å². The molecule has 2 aromatic rings. The molecular weight excluding hydrogens is 386 g/mol. The fraction of sp³-hybridized carbons (Fsp3) is 0.409. The third-order valence-electron chi connectivity index (χ3n) is 5.07. The van der Waals surface area contributed by atoms with Crippen molar-refractivity contribution in [1.82, 2.24) is 9.62 Å². The third kappa shape index (κ3) is 5.36. The van der Waals surface area contributed by atoms with Crippen molar-refractivity contribution in [3.8, 4) is 0 Å². The van der Waals surface area contributed by atoms with Crippen molar-refractivity contribution in [3.05, 3.63) is 64.2 Å². The maximum atomic E-state index is 12.9. The van der Waals surface area contributed by atoms with Gasteiger partial charge in [-0.3, -0.25) is 4.79 Å². The van der Waals surface area contributed by atoms with Gasteiger partial charge in [-0.15, -0.1) is 0 Å². The van der Waals surface area contributed by atoms with Crippen molar-refractivity contribution < 1.29 is 13.2 Å². The number of benzene rings is 2. The van der Waals surface area contributed by atoms with Crippen molar-refractivity contribution in [2.75, 3.05) is 24.9 Å². The topological polar surface area (TPSA) is 69.7 Å². The average Bonchev–Trinajstić information content (AvgIpc) is 2.63. The van der Waals surface area contributed by atoms with Crippen molar-refractivity contribution in [2.24, 2.45) is 0 Å². The van der Waals surface area contributed by atoms with Crippen molar-refractivity contribution in [2.45, 2.75) is 40.7 Å². The van der Waals surface area contributed by atoms with Gasteiger partial charge in [-0.1, -0.05) is 30.3 Å². The predicted octanol–water partition coefficient (Wildman–Crippen LogP) is 3.41. The minimum Gasteiger partial charge on any atom is -0.348 e. The zero-order valence-corrected chi connectivity index (χ0v) is 19.1. The fourth-order valence-electron chi connectivity index (χ4n) is 3.01. The highest BCUT2D eigenvalue weighted by Gasteiger charge is 2.29. The normalized spacial score (nSPS) is 12.7. The van der Waals surface area contributed by atoms with Crippen LogP contribution in [0.1, 0.15) is 40.8 Å². The van der Waals surface area contributed by atoms with Gasteiger partial charge in [0.1, 0.15) is 6.54 Å². The summed E-state index contributed by atoms with van der Waals surface area (Å²) < 4.78 is 28.2. The van der Waals surface area contributed by atoms with Crippen LogP contribution in [0.15, 0.2) is 36.4 Å². The lowest BCUT2D eigenvalue weighted by Gasteiger charge is -2.29. The molecule has 0 saturated carbocycles. The maximum absolute atomic E-state index is 12.9. The summed E-state index contributed by atoms with van der Waals surface area (Å²) in [4.78, 5) is 12.8. The van der Waals surface area contributed by atoms with E-state index in [4.69, 9.17) is 0 Å². The Morgan fingerprint density at radius 2 is 1.59 bits per heavy atom. The molecule has 7 heteroatoms. The van der Waals surface area contributed by atoms with Gasteiger partial charge in [0.2, 0.25) is 5.91 Å². The first-order chi connectivity index (χ1) is 13.4. The lowest BCUT2D eigenvalue weighted by atomic mass is 10.0. The van der Waals surface area contributed by atoms with Crippen LogP contribution in [0.4, 0.5) is 5.69 Å². The van der Waals surface area contributed by atoms with Crippen LogP contribution < -0.4 is 9.62 Å². The molecular formula is C22H31N3O3S. The zero-order valence-electron chi connectivity index (χ0n) is 18.3. The smallest absolute Gasteiger partial charge is 0.304 e. The first-order valence-electron chi connectivity index (χ1n) is 9.57. The molecule has 2 aromatic carbocycles. The van der Waals surface area contributed by atoms with Crippen LogP contribution in [-0.2, 0) is 15.0 Å². The Balaban J connectivity index is 2.30. The minimum atomic E-state index is -3.83. The average molecular weight is 418 g/mol.